The molecule has 0 spiro atoms. The van der Waals surface area contributed by atoms with Crippen molar-refractivity contribution in [2.75, 3.05) is 0 Å². The number of carbonyl (C=O) groups is 1. The second-order valence-electron chi connectivity index (χ2n) is 5.79. The molecule has 1 N–H and O–H groups in total. The lowest BCUT2D eigenvalue weighted by Crippen LogP contribution is -2.26. The van der Waals surface area contributed by atoms with Crippen molar-refractivity contribution in [2.24, 2.45) is 0 Å². The summed E-state index contributed by atoms with van der Waals surface area (Å²) < 4.78 is 6.86. The van der Waals surface area contributed by atoms with Crippen LogP contribution in [0.1, 0.15) is 37.3 Å². The van der Waals surface area contributed by atoms with Gasteiger partial charge in [0.25, 0.3) is 0 Å². The van der Waals surface area contributed by atoms with Crippen molar-refractivity contribution in [3.8, 4) is 11.4 Å². The zero-order valence-electron chi connectivity index (χ0n) is 14.1. The maximum atomic E-state index is 12.0. The summed E-state index contributed by atoms with van der Waals surface area (Å²) in [5.41, 5.74) is 2.00. The van der Waals surface area contributed by atoms with Crippen LogP contribution in [0.25, 0.3) is 11.4 Å². The molecule has 0 aliphatic carbocycles. The molecule has 25 heavy (non-hydrogen) atoms. The van der Waals surface area contributed by atoms with Crippen molar-refractivity contribution in [3.05, 3.63) is 42.0 Å². The lowest BCUT2D eigenvalue weighted by molar-refractivity contribution is -0.122. The third-order valence-electron chi connectivity index (χ3n) is 3.65. The van der Waals surface area contributed by atoms with Crippen LogP contribution in [0.15, 0.2) is 35.1 Å². The molecule has 9 heteroatoms. The number of aryl methyl sites for hydroxylation is 2. The molecule has 0 radical (unpaired) electrons. The first kappa shape index (κ1) is 16.7. The molecule has 3 aromatic rings. The smallest absolute Gasteiger partial charge is 0.249 e. The van der Waals surface area contributed by atoms with Gasteiger partial charge in [-0.05, 0) is 36.8 Å². The fourth-order valence-electron chi connectivity index (χ4n) is 2.37. The van der Waals surface area contributed by atoms with Crippen LogP contribution in [0.5, 0.6) is 0 Å². The van der Waals surface area contributed by atoms with Crippen LogP contribution in [-0.4, -0.2) is 36.3 Å². The van der Waals surface area contributed by atoms with Gasteiger partial charge in [-0.25, -0.2) is 4.68 Å². The average Bonchev–Trinajstić information content (AvgIpc) is 3.26. The Hall–Kier alpha value is -3.10. The van der Waals surface area contributed by atoms with Crippen LogP contribution in [-0.2, 0) is 11.3 Å². The van der Waals surface area contributed by atoms with Crippen LogP contribution >= 0.6 is 0 Å². The monoisotopic (exact) mass is 341 g/mol. The maximum absolute atomic E-state index is 12.0. The summed E-state index contributed by atoms with van der Waals surface area (Å²) in [5, 5.41) is 17.7. The lowest BCUT2D eigenvalue weighted by Gasteiger charge is -2.09. The molecule has 0 saturated carbocycles. The minimum atomic E-state index is -0.355. The third kappa shape index (κ3) is 4.46. The molecule has 0 fully saturated rings. The molecular formula is C16H19N7O2. The minimum Gasteiger partial charge on any atom is -0.345 e. The van der Waals surface area contributed by atoms with Gasteiger partial charge in [0, 0.05) is 18.5 Å². The van der Waals surface area contributed by atoms with Gasteiger partial charge in [-0.15, -0.1) is 5.10 Å². The molecule has 130 valence electrons. The number of carbonyl (C=O) groups excluding carboxylic acids is 1. The van der Waals surface area contributed by atoms with E-state index in [1.165, 1.54) is 6.33 Å². The van der Waals surface area contributed by atoms with Crippen molar-refractivity contribution < 1.29 is 9.32 Å². The molecule has 0 aliphatic heterocycles. The molecule has 0 aliphatic rings. The van der Waals surface area contributed by atoms with Gasteiger partial charge >= 0.3 is 0 Å². The zero-order valence-corrected chi connectivity index (χ0v) is 14.1. The minimum absolute atomic E-state index is 0.0871. The molecule has 1 amide bonds. The van der Waals surface area contributed by atoms with Crippen molar-refractivity contribution in [3.63, 3.8) is 0 Å². The number of nitrogens with zero attached hydrogens (tertiary/aromatic N) is 6. The fraction of sp³-hybridized carbons (Fsp3) is 0.375. The van der Waals surface area contributed by atoms with Crippen LogP contribution in [0.4, 0.5) is 0 Å². The zero-order chi connectivity index (χ0) is 17.6. The summed E-state index contributed by atoms with van der Waals surface area (Å²) >= 11 is 0. The Kier molecular flexibility index (Phi) is 5.12. The van der Waals surface area contributed by atoms with Crippen molar-refractivity contribution in [2.45, 2.75) is 39.3 Å². The standard InChI is InChI=1S/C16H19N7O2/c1-11-5-3-6-13(9-11)15-19-16(25-20-15)12(2)18-14(24)7-4-8-23-10-17-21-22-23/h3,5-6,9-10,12H,4,7-8H2,1-2H3,(H,18,24). The Morgan fingerprint density at radius 3 is 3.04 bits per heavy atom. The van der Waals surface area contributed by atoms with Gasteiger partial charge < -0.3 is 9.84 Å². The van der Waals surface area contributed by atoms with E-state index in [2.05, 4.69) is 31.0 Å². The summed E-state index contributed by atoms with van der Waals surface area (Å²) in [6.45, 7) is 4.41. The Balaban J connectivity index is 1.52. The number of benzene rings is 1. The fourth-order valence-corrected chi connectivity index (χ4v) is 2.37. The molecular weight excluding hydrogens is 322 g/mol. The van der Waals surface area contributed by atoms with Gasteiger partial charge in [0.2, 0.25) is 17.6 Å². The number of aromatic nitrogens is 6. The van der Waals surface area contributed by atoms with Gasteiger partial charge in [-0.3, -0.25) is 4.79 Å². The normalized spacial score (nSPS) is 12.1. The predicted octanol–water partition coefficient (Wildman–Crippen LogP) is 1.69. The van der Waals surface area contributed by atoms with Gasteiger partial charge in [0.1, 0.15) is 12.4 Å². The Morgan fingerprint density at radius 2 is 2.28 bits per heavy atom. The van der Waals surface area contributed by atoms with Crippen molar-refractivity contribution in [1.82, 2.24) is 35.7 Å². The van der Waals surface area contributed by atoms with Crippen molar-refractivity contribution in [1.29, 1.82) is 0 Å². The number of tetrazole rings is 1. The van der Waals surface area contributed by atoms with Gasteiger partial charge in [0.15, 0.2) is 0 Å². The second-order valence-corrected chi connectivity index (χ2v) is 5.79. The molecule has 2 heterocycles. The number of nitrogens with one attached hydrogen (secondary N) is 1. The number of amides is 1. The first-order valence-corrected chi connectivity index (χ1v) is 8.02. The van der Waals surface area contributed by atoms with E-state index in [1.54, 1.807) is 4.68 Å². The molecule has 9 nitrogen and oxygen atoms in total. The SMILES string of the molecule is Cc1cccc(-c2noc(C(C)NC(=O)CCCn3cnnn3)n2)c1. The van der Waals surface area contributed by atoms with Crippen LogP contribution in [0.2, 0.25) is 0 Å². The van der Waals surface area contributed by atoms with Crippen LogP contribution in [0, 0.1) is 6.92 Å². The van der Waals surface area contributed by atoms with Crippen LogP contribution < -0.4 is 5.32 Å². The summed E-state index contributed by atoms with van der Waals surface area (Å²) in [7, 11) is 0. The van der Waals surface area contributed by atoms with E-state index < -0.39 is 0 Å². The summed E-state index contributed by atoms with van der Waals surface area (Å²) in [4.78, 5) is 16.4. The molecule has 1 aromatic carbocycles. The van der Waals surface area contributed by atoms with Crippen LogP contribution in [0.3, 0.4) is 0 Å². The van der Waals surface area contributed by atoms with E-state index in [9.17, 15) is 4.79 Å². The molecule has 1 unspecified atom stereocenters. The summed E-state index contributed by atoms with van der Waals surface area (Å²) in [6, 6.07) is 7.49. The summed E-state index contributed by atoms with van der Waals surface area (Å²) in [6.07, 6.45) is 2.52. The van der Waals surface area contributed by atoms with E-state index in [0.717, 1.165) is 11.1 Å². The Labute approximate surface area is 144 Å². The predicted molar refractivity (Wildman–Crippen MR) is 88.1 cm³/mol. The second kappa shape index (κ2) is 7.65. The first-order chi connectivity index (χ1) is 12.1. The number of hydrogen-bond donors (Lipinski definition) is 1. The molecule has 2 aromatic heterocycles. The van der Waals surface area contributed by atoms with E-state index >= 15 is 0 Å². The first-order valence-electron chi connectivity index (χ1n) is 8.02. The number of rotatable bonds is 7. The van der Waals surface area contributed by atoms with E-state index in [1.807, 2.05) is 38.1 Å². The van der Waals surface area contributed by atoms with Gasteiger partial charge in [0.05, 0.1) is 0 Å². The van der Waals surface area contributed by atoms with Gasteiger partial charge in [-0.1, -0.05) is 28.9 Å². The quantitative estimate of drug-likeness (QED) is 0.696. The summed E-state index contributed by atoms with van der Waals surface area (Å²) in [5.74, 6) is 0.805. The van der Waals surface area contributed by atoms with Crippen molar-refractivity contribution >= 4 is 5.91 Å². The molecule has 0 bridgehead atoms. The van der Waals surface area contributed by atoms with E-state index in [4.69, 9.17) is 4.52 Å². The lowest BCUT2D eigenvalue weighted by atomic mass is 10.1. The largest absolute Gasteiger partial charge is 0.345 e. The topological polar surface area (TPSA) is 112 Å². The number of hydrogen-bond acceptors (Lipinski definition) is 7. The Morgan fingerprint density at radius 1 is 1.40 bits per heavy atom. The van der Waals surface area contributed by atoms with E-state index in [-0.39, 0.29) is 11.9 Å². The highest BCUT2D eigenvalue weighted by Gasteiger charge is 2.17. The maximum Gasteiger partial charge on any atom is 0.249 e. The average molecular weight is 341 g/mol. The van der Waals surface area contributed by atoms with Gasteiger partial charge in [-0.2, -0.15) is 4.98 Å². The molecule has 3 rings (SSSR count). The highest BCUT2D eigenvalue weighted by molar-refractivity contribution is 5.76. The van der Waals surface area contributed by atoms with E-state index in [0.29, 0.717) is 31.1 Å². The highest BCUT2D eigenvalue weighted by Crippen LogP contribution is 2.19. The molecule has 0 saturated heterocycles. The third-order valence-corrected chi connectivity index (χ3v) is 3.65. The molecule has 1 atom stereocenters. The Bertz CT molecular complexity index is 829. The highest BCUT2D eigenvalue weighted by atomic mass is 16.5.